The van der Waals surface area contributed by atoms with Crippen LogP contribution in [0.3, 0.4) is 0 Å². The Bertz CT molecular complexity index is 3150. The first-order valence-electron chi connectivity index (χ1n) is 18.4. The SMILES string of the molecule is CN(C)c1ccccc1.CN1C(=O)CC(=O)N(c2ccc(I)cc2F)C1=O.Cn1c(=O)cc(Cl)n(-c2ccc(I)cc2F)c1=O.Cn1c(Cl)cc(=O)n(-c2ccc(I)cc2F)c1=O.O.O=P(Cl)(Cl)Cl. The molecule has 28 heteroatoms. The minimum Gasteiger partial charge on any atom is -0.412 e. The number of amides is 4. The number of hydrogen-bond acceptors (Lipinski definition) is 9. The zero-order valence-electron chi connectivity index (χ0n) is 35.9. The van der Waals surface area contributed by atoms with Crippen LogP contribution in [0.5, 0.6) is 0 Å². The van der Waals surface area contributed by atoms with Crippen LogP contribution in [0.2, 0.25) is 10.3 Å². The van der Waals surface area contributed by atoms with Gasteiger partial charge in [0.1, 0.15) is 34.2 Å². The molecule has 0 radical (unpaired) electrons. The normalized spacial score (nSPS) is 11.9. The number of anilines is 2. The fraction of sp³-hybridized carbons (Fsp3) is 0.146. The smallest absolute Gasteiger partial charge is 0.339 e. The van der Waals surface area contributed by atoms with Gasteiger partial charge in [-0.05, 0) is 168 Å². The van der Waals surface area contributed by atoms with Crippen molar-refractivity contribution in [3.63, 3.8) is 0 Å². The number of hydrogen-bond donors (Lipinski definition) is 0. The molecule has 1 aliphatic heterocycles. The van der Waals surface area contributed by atoms with Gasteiger partial charge in [-0.25, -0.2) is 41.6 Å². The second kappa shape index (κ2) is 27.2. The lowest BCUT2D eigenvalue weighted by Crippen LogP contribution is -2.53. The fourth-order valence-corrected chi connectivity index (χ4v) is 7.06. The maximum Gasteiger partial charge on any atom is 0.339 e. The first kappa shape index (κ1) is 61.4. The van der Waals surface area contributed by atoms with Crippen LogP contribution in [0.1, 0.15) is 6.42 Å². The zero-order chi connectivity index (χ0) is 51.5. The number of barbiturate groups is 1. The van der Waals surface area contributed by atoms with Crippen molar-refractivity contribution in [1.82, 2.24) is 23.2 Å². The lowest BCUT2D eigenvalue weighted by molar-refractivity contribution is -0.134. The largest absolute Gasteiger partial charge is 0.412 e. The van der Waals surface area contributed by atoms with Crippen molar-refractivity contribution in [2.75, 3.05) is 30.9 Å². The highest BCUT2D eigenvalue weighted by Gasteiger charge is 2.37. The Morgan fingerprint density at radius 1 is 0.565 bits per heavy atom. The molecule has 1 aliphatic rings. The molecule has 2 N–H and O–H groups in total. The summed E-state index contributed by atoms with van der Waals surface area (Å²) >= 11 is 31.2. The summed E-state index contributed by atoms with van der Waals surface area (Å²) in [5.41, 5.74) is -1.53. The maximum absolute atomic E-state index is 13.8. The summed E-state index contributed by atoms with van der Waals surface area (Å²) in [5, 5.41) is -3.34. The molecule has 0 aliphatic carbocycles. The third kappa shape index (κ3) is 17.5. The van der Waals surface area contributed by atoms with E-state index in [2.05, 4.69) is 50.8 Å². The minimum atomic E-state index is -3.22. The van der Waals surface area contributed by atoms with E-state index in [0.717, 1.165) is 35.3 Å². The molecule has 69 heavy (non-hydrogen) atoms. The predicted octanol–water partition coefficient (Wildman–Crippen LogP) is 9.35. The van der Waals surface area contributed by atoms with Gasteiger partial charge in [-0.15, -0.1) is 0 Å². The van der Waals surface area contributed by atoms with Gasteiger partial charge in [0.2, 0.25) is 11.8 Å². The quantitative estimate of drug-likeness (QED) is 0.0715. The topological polar surface area (TPSA) is 198 Å². The number of carbonyl (C=O) groups is 3. The number of carbonyl (C=O) groups excluding carboxylic acids is 3. The summed E-state index contributed by atoms with van der Waals surface area (Å²) in [5.74, 6) is -3.20. The Morgan fingerprint density at radius 3 is 1.39 bits per heavy atom. The molecule has 4 amide bonds. The molecular weight excluding hydrogens is 1380 g/mol. The average Bonchev–Trinajstić information content (AvgIpc) is 3.24. The molecule has 1 saturated heterocycles. The van der Waals surface area contributed by atoms with Crippen LogP contribution < -0.4 is 32.3 Å². The number of imide groups is 2. The van der Waals surface area contributed by atoms with E-state index in [0.29, 0.717) is 15.6 Å². The predicted molar refractivity (Wildman–Crippen MR) is 289 cm³/mol. The van der Waals surface area contributed by atoms with E-state index in [1.54, 1.807) is 18.2 Å². The molecule has 1 fully saturated rings. The first-order chi connectivity index (χ1) is 31.5. The summed E-state index contributed by atoms with van der Waals surface area (Å²) in [7, 11) is 8.05. The van der Waals surface area contributed by atoms with E-state index in [9.17, 15) is 51.3 Å². The Balaban J connectivity index is 0.000000310. The van der Waals surface area contributed by atoms with Gasteiger partial charge in [-0.2, -0.15) is 0 Å². The Hall–Kier alpha value is -3.73. The van der Waals surface area contributed by atoms with Crippen LogP contribution in [0.4, 0.5) is 29.3 Å². The lowest BCUT2D eigenvalue weighted by atomic mass is 10.2. The standard InChI is InChI=1S/2C11H7ClFIN2O2.C11H8FIN2O3.C8H11N.Cl3OP.H2O/c1-15-10(17)5-9(12)16(11(15)18)8-3-2-6(14)4-7(8)13;1-15-9(12)5-10(17)16(11(15)18)8-3-2-6(14)4-7(8)13;1-14-9(16)5-10(17)15(11(14)18)8-3-2-6(13)4-7(8)12;1-9(2)8-6-4-3-5-7-8;1-5(2,3)4;/h2*2-5H,1H3;2-4H,5H2,1H3;3-7H,1-2H3;;1H2. The number of urea groups is 1. The highest BCUT2D eigenvalue weighted by molar-refractivity contribution is 14.1. The van der Waals surface area contributed by atoms with Gasteiger partial charge in [0.25, 0.3) is 11.1 Å². The highest BCUT2D eigenvalue weighted by atomic mass is 127. The van der Waals surface area contributed by atoms with Gasteiger partial charge >= 0.3 is 22.6 Å². The lowest BCUT2D eigenvalue weighted by Gasteiger charge is -2.30. The van der Waals surface area contributed by atoms with Gasteiger partial charge in [0.05, 0.1) is 17.1 Å². The molecule has 0 spiro atoms. The first-order valence-corrected chi connectivity index (χ1v) is 26.8. The van der Waals surface area contributed by atoms with Crippen molar-refractivity contribution in [3.05, 3.63) is 177 Å². The van der Waals surface area contributed by atoms with Crippen molar-refractivity contribution in [1.29, 1.82) is 0 Å². The third-order valence-electron chi connectivity index (χ3n) is 8.66. The molecule has 3 heterocycles. The van der Waals surface area contributed by atoms with Crippen LogP contribution >= 0.6 is 130 Å². The van der Waals surface area contributed by atoms with Crippen LogP contribution in [-0.2, 0) is 28.2 Å². The number of para-hydroxylation sites is 1. The molecule has 4 aromatic carbocycles. The molecule has 2 aromatic heterocycles. The minimum absolute atomic E-state index is 0. The fourth-order valence-electron chi connectivity index (χ4n) is 5.28. The number of nitrogens with zero attached hydrogens (tertiary/aromatic N) is 7. The van der Waals surface area contributed by atoms with Crippen LogP contribution in [0.15, 0.2) is 116 Å². The zero-order valence-corrected chi connectivity index (χ0v) is 47.1. The summed E-state index contributed by atoms with van der Waals surface area (Å²) in [6.45, 7) is 0. The summed E-state index contributed by atoms with van der Waals surface area (Å²) in [6, 6.07) is 24.3. The number of aromatic nitrogens is 4. The van der Waals surface area contributed by atoms with E-state index in [4.69, 9.17) is 23.2 Å². The van der Waals surface area contributed by atoms with Gasteiger partial charge in [-0.3, -0.25) is 37.8 Å². The van der Waals surface area contributed by atoms with E-state index < -0.39 is 69.4 Å². The van der Waals surface area contributed by atoms with Crippen molar-refractivity contribution < 1.29 is 37.6 Å². The number of halogens is 11. The Morgan fingerprint density at radius 2 is 0.971 bits per heavy atom. The Kier molecular flexibility index (Phi) is 24.2. The summed E-state index contributed by atoms with van der Waals surface area (Å²) in [6.07, 6.45) is -0.437. The van der Waals surface area contributed by atoms with E-state index in [-0.39, 0.29) is 32.8 Å². The molecule has 16 nitrogen and oxygen atoms in total. The van der Waals surface area contributed by atoms with Crippen molar-refractivity contribution in [3.8, 4) is 11.4 Å². The molecule has 0 bridgehead atoms. The van der Waals surface area contributed by atoms with Crippen molar-refractivity contribution >= 4 is 159 Å². The molecule has 7 rings (SSSR count). The van der Waals surface area contributed by atoms with E-state index in [1.807, 2.05) is 100 Å². The van der Waals surface area contributed by atoms with E-state index >= 15 is 0 Å². The highest BCUT2D eigenvalue weighted by Crippen LogP contribution is 2.61. The monoisotopic (exact) mass is 1410 g/mol. The van der Waals surface area contributed by atoms with Crippen molar-refractivity contribution in [2.24, 2.45) is 14.1 Å². The Labute approximate surface area is 455 Å². The molecule has 0 saturated carbocycles. The summed E-state index contributed by atoms with van der Waals surface area (Å²) < 4.78 is 56.5. The van der Waals surface area contributed by atoms with E-state index in [1.165, 1.54) is 63.2 Å². The molecule has 0 atom stereocenters. The van der Waals surface area contributed by atoms with Gasteiger partial charge < -0.3 is 10.4 Å². The molecule has 0 unspecified atom stereocenters. The molecule has 370 valence electrons. The van der Waals surface area contributed by atoms with Crippen LogP contribution in [0, 0.1) is 28.2 Å². The number of benzene rings is 4. The summed E-state index contributed by atoms with van der Waals surface area (Å²) in [4.78, 5) is 85.3. The molecule has 6 aromatic rings. The molecular formula is C41H35Cl5F3I3N7O9P. The second-order valence-electron chi connectivity index (χ2n) is 13.5. The van der Waals surface area contributed by atoms with Crippen molar-refractivity contribution in [2.45, 2.75) is 6.42 Å². The number of rotatable bonds is 4. The maximum atomic E-state index is 13.8. The third-order valence-corrected chi connectivity index (χ3v) is 11.3. The van der Waals surface area contributed by atoms with Crippen LogP contribution in [0.25, 0.3) is 11.4 Å². The van der Waals surface area contributed by atoms with Gasteiger partial charge in [0.15, 0.2) is 0 Å². The average molecular weight is 1420 g/mol. The van der Waals surface area contributed by atoms with Gasteiger partial charge in [-0.1, -0.05) is 41.4 Å². The van der Waals surface area contributed by atoms with Crippen LogP contribution in [-0.4, -0.2) is 67.6 Å². The second-order valence-corrected chi connectivity index (χ2v) is 24.7. The van der Waals surface area contributed by atoms with Gasteiger partial charge in [0, 0.05) is 63.8 Å².